The molecule has 12 heteroatoms. The Morgan fingerprint density at radius 2 is 1.72 bits per heavy atom. The molecule has 0 aromatic rings. The Kier molecular flexibility index (Phi) is 10.9. The number of ketones is 1. The Balaban J connectivity index is 4.95. The number of carbonyl (C=O) groups excluding carboxylic acids is 4. The molecule has 0 fully saturated rings. The molecule has 0 aromatic heterocycles. The number of carbonyl (C=O) groups is 5. The number of rotatable bonds is 11. The summed E-state index contributed by atoms with van der Waals surface area (Å²) in [6.07, 6.45) is 0. The second kappa shape index (κ2) is 11.7. The Morgan fingerprint density at radius 1 is 1.16 bits per heavy atom. The van der Waals surface area contributed by atoms with E-state index in [9.17, 15) is 29.1 Å². The van der Waals surface area contributed by atoms with Gasteiger partial charge in [0, 0.05) is 19.6 Å². The number of thiol groups is 1. The maximum atomic E-state index is 12.4. The van der Waals surface area contributed by atoms with Gasteiger partial charge >= 0.3 is 5.97 Å². The first-order valence-corrected chi connectivity index (χ1v) is 8.89. The minimum absolute atomic E-state index is 0.139. The van der Waals surface area contributed by atoms with Gasteiger partial charge in [-0.15, -0.1) is 11.8 Å². The van der Waals surface area contributed by atoms with E-state index in [1.165, 1.54) is 13.8 Å². The summed E-state index contributed by atoms with van der Waals surface area (Å²) in [5.74, 6) is -3.83. The molecule has 0 aromatic carbocycles. The second-order valence-corrected chi connectivity index (χ2v) is 6.26. The smallest absolute Gasteiger partial charge is 0.327 e. The van der Waals surface area contributed by atoms with E-state index >= 15 is 0 Å². The second-order valence-electron chi connectivity index (χ2n) is 4.91. The molecule has 0 radical (unpaired) electrons. The molecule has 0 aliphatic rings. The van der Waals surface area contributed by atoms with E-state index in [-0.39, 0.29) is 23.3 Å². The molecule has 0 heterocycles. The number of hydrogen-bond donors (Lipinski definition) is 5. The Bertz CT molecular complexity index is 531. The van der Waals surface area contributed by atoms with Crippen LogP contribution < -0.4 is 16.4 Å². The minimum atomic E-state index is -1.58. The Morgan fingerprint density at radius 3 is 2.16 bits per heavy atom. The summed E-state index contributed by atoms with van der Waals surface area (Å²) in [6.45, 7) is 2.11. The van der Waals surface area contributed by atoms with Crippen molar-refractivity contribution in [2.45, 2.75) is 25.9 Å². The summed E-state index contributed by atoms with van der Waals surface area (Å²) in [5.41, 5.74) is 5.63. The molecule has 0 saturated heterocycles. The summed E-state index contributed by atoms with van der Waals surface area (Å²) in [5, 5.41) is 13.9. The molecule has 10 nitrogen and oxygen atoms in total. The quantitative estimate of drug-likeness (QED) is 0.117. The number of amides is 3. The topological polar surface area (TPSA) is 159 Å². The molecule has 142 valence electrons. The highest BCUT2D eigenvalue weighted by molar-refractivity contribution is 7.99. The van der Waals surface area contributed by atoms with Gasteiger partial charge in [-0.25, -0.2) is 4.79 Å². The normalized spacial score (nSPS) is 12.6. The highest BCUT2D eigenvalue weighted by Gasteiger charge is 2.34. The highest BCUT2D eigenvalue weighted by atomic mass is 32.2. The van der Waals surface area contributed by atoms with Gasteiger partial charge in [-0.1, -0.05) is 0 Å². The fourth-order valence-electron chi connectivity index (χ4n) is 1.56. The molecule has 0 bridgehead atoms. The van der Waals surface area contributed by atoms with Crippen LogP contribution in [0.4, 0.5) is 0 Å². The number of aliphatic carboxylic acids is 1. The van der Waals surface area contributed by atoms with Crippen molar-refractivity contribution in [1.29, 1.82) is 0 Å². The van der Waals surface area contributed by atoms with Crippen molar-refractivity contribution in [3.63, 3.8) is 0 Å². The number of hydrogen-bond acceptors (Lipinski definition) is 8. The van der Waals surface area contributed by atoms with Crippen LogP contribution >= 0.6 is 24.4 Å². The molecule has 0 rings (SSSR count). The van der Waals surface area contributed by atoms with Crippen molar-refractivity contribution in [3.05, 3.63) is 0 Å². The first kappa shape index (κ1) is 23.2. The van der Waals surface area contributed by atoms with Gasteiger partial charge in [-0.05, 0) is 0 Å². The van der Waals surface area contributed by atoms with Crippen LogP contribution in [0.15, 0.2) is 0 Å². The lowest BCUT2D eigenvalue weighted by molar-refractivity contribution is -0.151. The molecular formula is C13H22N4O6S2. The van der Waals surface area contributed by atoms with Crippen LogP contribution in [0.3, 0.4) is 0 Å². The average molecular weight is 394 g/mol. The predicted molar refractivity (Wildman–Crippen MR) is 94.9 cm³/mol. The molecule has 0 spiro atoms. The lowest BCUT2D eigenvalue weighted by atomic mass is 10.1. The van der Waals surface area contributed by atoms with Crippen molar-refractivity contribution in [1.82, 2.24) is 15.5 Å². The fourth-order valence-corrected chi connectivity index (χ4v) is 2.70. The number of nitrogens with two attached hydrogens (primary N) is 1. The molecule has 0 aliphatic carbocycles. The molecule has 3 amide bonds. The van der Waals surface area contributed by atoms with Gasteiger partial charge in [0.2, 0.25) is 17.7 Å². The third kappa shape index (κ3) is 8.74. The maximum Gasteiger partial charge on any atom is 0.327 e. The van der Waals surface area contributed by atoms with E-state index in [1.54, 1.807) is 0 Å². The third-order valence-electron chi connectivity index (χ3n) is 2.90. The molecular weight excluding hydrogens is 372 g/mol. The zero-order valence-electron chi connectivity index (χ0n) is 13.9. The van der Waals surface area contributed by atoms with Crippen molar-refractivity contribution >= 4 is 53.9 Å². The molecule has 1 unspecified atom stereocenters. The molecule has 0 saturated carbocycles. The third-order valence-corrected chi connectivity index (χ3v) is 4.08. The average Bonchev–Trinajstić information content (AvgIpc) is 2.52. The zero-order chi connectivity index (χ0) is 19.6. The van der Waals surface area contributed by atoms with Crippen LogP contribution in [0, 0.1) is 0 Å². The fraction of sp³-hybridized carbons (Fsp3) is 0.615. The van der Waals surface area contributed by atoms with Crippen molar-refractivity contribution in [2.24, 2.45) is 5.73 Å². The largest absolute Gasteiger partial charge is 0.480 e. The number of carboxylic acid groups (broad SMARTS) is 1. The van der Waals surface area contributed by atoms with Crippen LogP contribution in [0.5, 0.6) is 0 Å². The summed E-state index contributed by atoms with van der Waals surface area (Å²) in [7, 11) is 0. The summed E-state index contributed by atoms with van der Waals surface area (Å²) < 4.78 is 0. The number of Topliss-reactive ketones (excluding diaryl/α,β-unsaturated/α-hetero) is 1. The molecule has 2 atom stereocenters. The van der Waals surface area contributed by atoms with E-state index < -0.39 is 42.3 Å². The van der Waals surface area contributed by atoms with Crippen LogP contribution in [0.25, 0.3) is 0 Å². The minimum Gasteiger partial charge on any atom is -0.480 e. The predicted octanol–water partition coefficient (Wildman–Crippen LogP) is -1.99. The van der Waals surface area contributed by atoms with E-state index in [4.69, 9.17) is 5.73 Å². The lowest BCUT2D eigenvalue weighted by Crippen LogP contribution is -2.57. The molecule has 0 aliphatic heterocycles. The van der Waals surface area contributed by atoms with Crippen LogP contribution in [-0.4, -0.2) is 75.6 Å². The standard InChI is InChI=1S/C13H22N4O6S2/c1-7(18)15-5-17(9(3-24)13(22)23)12(21)11(14)10(20)4-25-6-16-8(2)19/h9,11,24H,3-6,14H2,1-2H3,(H,15,18)(H,16,19)(H,22,23)/t9-,11?/m1/s1. The molecule has 5 N–H and O–H groups in total. The van der Waals surface area contributed by atoms with Gasteiger partial charge in [0.25, 0.3) is 0 Å². The number of thioether (sulfide) groups is 1. The summed E-state index contributed by atoms with van der Waals surface area (Å²) in [6, 6.07) is -2.94. The summed E-state index contributed by atoms with van der Waals surface area (Å²) >= 11 is 4.94. The van der Waals surface area contributed by atoms with Gasteiger partial charge in [0.15, 0.2) is 5.78 Å². The number of carboxylic acids is 1. The zero-order valence-corrected chi connectivity index (χ0v) is 15.6. The highest BCUT2D eigenvalue weighted by Crippen LogP contribution is 2.07. The van der Waals surface area contributed by atoms with Gasteiger partial charge in [-0.2, -0.15) is 12.6 Å². The number of nitrogens with one attached hydrogen (secondary N) is 2. The summed E-state index contributed by atoms with van der Waals surface area (Å²) in [4.78, 5) is 58.2. The van der Waals surface area contributed by atoms with E-state index in [0.717, 1.165) is 16.7 Å². The monoisotopic (exact) mass is 394 g/mol. The van der Waals surface area contributed by atoms with Crippen LogP contribution in [-0.2, 0) is 24.0 Å². The van der Waals surface area contributed by atoms with Crippen LogP contribution in [0.2, 0.25) is 0 Å². The Hall–Kier alpha value is -1.79. The first-order valence-electron chi connectivity index (χ1n) is 7.10. The van der Waals surface area contributed by atoms with Gasteiger partial charge in [-0.3, -0.25) is 19.2 Å². The van der Waals surface area contributed by atoms with Crippen molar-refractivity contribution in [2.75, 3.05) is 24.1 Å². The van der Waals surface area contributed by atoms with Gasteiger partial charge < -0.3 is 26.4 Å². The van der Waals surface area contributed by atoms with E-state index in [2.05, 4.69) is 23.3 Å². The van der Waals surface area contributed by atoms with Crippen molar-refractivity contribution in [3.8, 4) is 0 Å². The molecule has 25 heavy (non-hydrogen) atoms. The lowest BCUT2D eigenvalue weighted by Gasteiger charge is -2.29. The first-order chi connectivity index (χ1) is 11.6. The maximum absolute atomic E-state index is 12.4. The van der Waals surface area contributed by atoms with Crippen molar-refractivity contribution < 1.29 is 29.1 Å². The van der Waals surface area contributed by atoms with Crippen LogP contribution in [0.1, 0.15) is 13.8 Å². The number of nitrogens with zero attached hydrogens (tertiary/aromatic N) is 1. The SMILES string of the molecule is CC(=O)NCSCC(=O)C(N)C(=O)N(CNC(C)=O)[C@H](CS)C(=O)O. The van der Waals surface area contributed by atoms with E-state index in [1.807, 2.05) is 0 Å². The van der Waals surface area contributed by atoms with Gasteiger partial charge in [0.05, 0.1) is 18.3 Å². The Labute approximate surface area is 154 Å². The van der Waals surface area contributed by atoms with Gasteiger partial charge in [0.1, 0.15) is 12.1 Å². The van der Waals surface area contributed by atoms with E-state index in [0.29, 0.717) is 0 Å².